The summed E-state index contributed by atoms with van der Waals surface area (Å²) in [7, 11) is 0. The predicted molar refractivity (Wildman–Crippen MR) is 179 cm³/mol. The Labute approximate surface area is 252 Å². The molecule has 0 amide bonds. The maximum atomic E-state index is 11.8. The van der Waals surface area contributed by atoms with Crippen LogP contribution in [0.15, 0.2) is 24.5 Å². The zero-order chi connectivity index (χ0) is 29.0. The zero-order valence-electron chi connectivity index (χ0n) is 27.5. The molecule has 236 valence electrons. The van der Waals surface area contributed by atoms with Crippen LogP contribution in [0.5, 0.6) is 0 Å². The van der Waals surface area contributed by atoms with Gasteiger partial charge in [0, 0.05) is 6.08 Å². The molecule has 2 nitrogen and oxygen atoms in total. The fourth-order valence-corrected chi connectivity index (χ4v) is 5.49. The Balaban J connectivity index is 3.28. The van der Waals surface area contributed by atoms with Crippen LogP contribution in [0.3, 0.4) is 0 Å². The Hall–Kier alpha value is -1.05. The van der Waals surface area contributed by atoms with Crippen molar-refractivity contribution in [2.24, 2.45) is 0 Å². The highest BCUT2D eigenvalue weighted by molar-refractivity contribution is 5.82. The van der Waals surface area contributed by atoms with E-state index in [0.29, 0.717) is 0 Å². The molecule has 0 radical (unpaired) electrons. The van der Waals surface area contributed by atoms with Gasteiger partial charge in [0.2, 0.25) is 0 Å². The molecule has 0 saturated carbocycles. The van der Waals surface area contributed by atoms with Gasteiger partial charge in [0.05, 0.1) is 6.26 Å². The van der Waals surface area contributed by atoms with E-state index in [-0.39, 0.29) is 5.97 Å². The van der Waals surface area contributed by atoms with Crippen LogP contribution >= 0.6 is 0 Å². The van der Waals surface area contributed by atoms with Crippen molar-refractivity contribution in [3.63, 3.8) is 0 Å². The molecule has 0 aliphatic heterocycles. The Bertz CT molecular complexity index is 536. The number of rotatable bonds is 33. The van der Waals surface area contributed by atoms with Gasteiger partial charge < -0.3 is 4.74 Å². The summed E-state index contributed by atoms with van der Waals surface area (Å²) >= 11 is 0. The highest BCUT2D eigenvalue weighted by Gasteiger charge is 1.96. The molecule has 0 rings (SSSR count). The first-order valence-corrected chi connectivity index (χ1v) is 18.3. The van der Waals surface area contributed by atoms with Crippen LogP contribution in [0.2, 0.25) is 0 Å². The molecular formula is C38H72O2. The van der Waals surface area contributed by atoms with Crippen molar-refractivity contribution in [1.29, 1.82) is 0 Å². The number of carbonyl (C=O) groups excluding carboxylic acids is 1. The first kappa shape index (κ1) is 39.0. The second kappa shape index (κ2) is 36.0. The minimum absolute atomic E-state index is 0.238. The van der Waals surface area contributed by atoms with Crippen LogP contribution in [0.1, 0.15) is 213 Å². The van der Waals surface area contributed by atoms with E-state index in [2.05, 4.69) is 13.8 Å². The largest absolute Gasteiger partial charge is 0.432 e. The van der Waals surface area contributed by atoms with Gasteiger partial charge in [-0.25, -0.2) is 4.79 Å². The average Bonchev–Trinajstić information content (AvgIpc) is 2.96. The van der Waals surface area contributed by atoms with Crippen LogP contribution in [0.25, 0.3) is 0 Å². The summed E-state index contributed by atoms with van der Waals surface area (Å²) in [6.45, 7) is 4.58. The Morgan fingerprint density at radius 1 is 0.400 bits per heavy atom. The number of hydrogen-bond acceptors (Lipinski definition) is 2. The lowest BCUT2D eigenvalue weighted by molar-refractivity contribution is -0.132. The second-order valence-electron chi connectivity index (χ2n) is 12.3. The van der Waals surface area contributed by atoms with Gasteiger partial charge in [-0.2, -0.15) is 0 Å². The normalized spacial score (nSPS) is 11.8. The third kappa shape index (κ3) is 35.0. The quantitative estimate of drug-likeness (QED) is 0.0345. The Morgan fingerprint density at radius 2 is 0.675 bits per heavy atom. The maximum absolute atomic E-state index is 11.8. The molecule has 0 N–H and O–H groups in total. The highest BCUT2D eigenvalue weighted by atomic mass is 16.5. The summed E-state index contributed by atoms with van der Waals surface area (Å²) in [5.41, 5.74) is 0. The van der Waals surface area contributed by atoms with Crippen LogP contribution < -0.4 is 0 Å². The standard InChI is InChI=1S/C38H72O2/c1-3-5-7-9-11-13-15-17-19-21-22-24-26-28-30-32-34-36-38(39)40-37-35-33-31-29-27-25-23-20-18-16-14-12-10-8-6-4-2/h34-37H,3-33H2,1-2H3/b36-34+,37-35+. The van der Waals surface area contributed by atoms with E-state index in [1.54, 1.807) is 12.3 Å². The van der Waals surface area contributed by atoms with Gasteiger partial charge in [-0.3, -0.25) is 0 Å². The summed E-state index contributed by atoms with van der Waals surface area (Å²) in [4.78, 5) is 11.8. The molecule has 0 aliphatic carbocycles. The van der Waals surface area contributed by atoms with Crippen LogP contribution in [0.4, 0.5) is 0 Å². The zero-order valence-corrected chi connectivity index (χ0v) is 27.5. The van der Waals surface area contributed by atoms with Crippen LogP contribution in [0, 0.1) is 0 Å². The smallest absolute Gasteiger partial charge is 0.335 e. The van der Waals surface area contributed by atoms with Crippen molar-refractivity contribution >= 4 is 5.97 Å². The predicted octanol–water partition coefficient (Wildman–Crippen LogP) is 13.7. The lowest BCUT2D eigenvalue weighted by Crippen LogP contribution is -1.93. The lowest BCUT2D eigenvalue weighted by atomic mass is 10.0. The molecule has 0 atom stereocenters. The van der Waals surface area contributed by atoms with E-state index in [1.807, 2.05) is 12.2 Å². The van der Waals surface area contributed by atoms with Gasteiger partial charge >= 0.3 is 5.97 Å². The molecule has 0 unspecified atom stereocenters. The van der Waals surface area contributed by atoms with Gasteiger partial charge in [-0.1, -0.05) is 193 Å². The first-order chi connectivity index (χ1) is 19.8. The molecule has 0 fully saturated rings. The molecule has 0 aliphatic rings. The monoisotopic (exact) mass is 561 g/mol. The molecule has 0 saturated heterocycles. The van der Waals surface area contributed by atoms with Crippen molar-refractivity contribution in [3.05, 3.63) is 24.5 Å². The summed E-state index contributed by atoms with van der Waals surface area (Å²) in [6, 6.07) is 0. The topological polar surface area (TPSA) is 26.3 Å². The number of ether oxygens (including phenoxy) is 1. The van der Waals surface area contributed by atoms with Crippen molar-refractivity contribution in [2.75, 3.05) is 0 Å². The molecule has 0 aromatic carbocycles. The van der Waals surface area contributed by atoms with E-state index in [9.17, 15) is 4.79 Å². The third-order valence-electron chi connectivity index (χ3n) is 8.23. The highest BCUT2D eigenvalue weighted by Crippen LogP contribution is 2.15. The number of esters is 1. The maximum Gasteiger partial charge on any atom is 0.335 e. The van der Waals surface area contributed by atoms with Gasteiger partial charge in [0.1, 0.15) is 0 Å². The fourth-order valence-electron chi connectivity index (χ4n) is 5.49. The van der Waals surface area contributed by atoms with Gasteiger partial charge in [0.15, 0.2) is 0 Å². The van der Waals surface area contributed by atoms with E-state index >= 15 is 0 Å². The molecule has 0 spiro atoms. The van der Waals surface area contributed by atoms with Crippen molar-refractivity contribution in [2.45, 2.75) is 213 Å². The molecule has 0 heterocycles. The number of hydrogen-bond donors (Lipinski definition) is 0. The van der Waals surface area contributed by atoms with E-state index in [0.717, 1.165) is 12.8 Å². The summed E-state index contributed by atoms with van der Waals surface area (Å²) in [5.74, 6) is -0.238. The van der Waals surface area contributed by atoms with E-state index in [1.165, 1.54) is 186 Å². The molecule has 2 heteroatoms. The fraction of sp³-hybridized carbons (Fsp3) is 0.868. The van der Waals surface area contributed by atoms with E-state index < -0.39 is 0 Å². The summed E-state index contributed by atoms with van der Waals surface area (Å²) < 4.78 is 5.18. The molecule has 0 aromatic heterocycles. The molecule has 0 bridgehead atoms. The Morgan fingerprint density at radius 3 is 1.00 bits per heavy atom. The number of carbonyl (C=O) groups is 1. The van der Waals surface area contributed by atoms with Gasteiger partial charge in [0.25, 0.3) is 0 Å². The summed E-state index contributed by atoms with van der Waals surface area (Å²) in [5, 5.41) is 0. The van der Waals surface area contributed by atoms with Crippen LogP contribution in [-0.4, -0.2) is 5.97 Å². The average molecular weight is 561 g/mol. The van der Waals surface area contributed by atoms with Crippen molar-refractivity contribution in [1.82, 2.24) is 0 Å². The van der Waals surface area contributed by atoms with Crippen molar-refractivity contribution < 1.29 is 9.53 Å². The minimum Gasteiger partial charge on any atom is -0.432 e. The first-order valence-electron chi connectivity index (χ1n) is 18.3. The summed E-state index contributed by atoms with van der Waals surface area (Å²) in [6.07, 6.45) is 49.3. The van der Waals surface area contributed by atoms with Gasteiger partial charge in [-0.15, -0.1) is 0 Å². The van der Waals surface area contributed by atoms with E-state index in [4.69, 9.17) is 4.74 Å². The molecular weight excluding hydrogens is 488 g/mol. The van der Waals surface area contributed by atoms with Crippen LogP contribution in [-0.2, 0) is 9.53 Å². The second-order valence-corrected chi connectivity index (χ2v) is 12.3. The lowest BCUT2D eigenvalue weighted by Gasteiger charge is -2.03. The number of unbranched alkanes of at least 4 members (excludes halogenated alkanes) is 29. The molecule has 0 aromatic rings. The van der Waals surface area contributed by atoms with Crippen molar-refractivity contribution in [3.8, 4) is 0 Å². The van der Waals surface area contributed by atoms with Gasteiger partial charge in [-0.05, 0) is 31.8 Å². The SMILES string of the molecule is CCCCCCCCCCCCCCCC/C=C/OC(=O)/C=C/CCCCCCCCCCCCCCCCC. The Kier molecular flexibility index (Phi) is 35.0. The third-order valence-corrected chi connectivity index (χ3v) is 8.23. The molecule has 40 heavy (non-hydrogen) atoms. The number of allylic oxidation sites excluding steroid dienone is 2. The minimum atomic E-state index is -0.238.